The molecule has 2 aromatic rings. The minimum Gasteiger partial charge on any atom is -0.497 e. The van der Waals surface area contributed by atoms with Crippen molar-refractivity contribution in [3.63, 3.8) is 0 Å². The van der Waals surface area contributed by atoms with Gasteiger partial charge < -0.3 is 14.6 Å². The second kappa shape index (κ2) is 8.63. The molecule has 0 saturated carbocycles. The first-order chi connectivity index (χ1) is 13.0. The molecule has 6 heteroatoms. The second-order valence-corrected chi connectivity index (χ2v) is 7.15. The van der Waals surface area contributed by atoms with Crippen LogP contribution in [0.1, 0.15) is 30.0 Å². The fourth-order valence-electron chi connectivity index (χ4n) is 3.72. The van der Waals surface area contributed by atoms with Gasteiger partial charge >= 0.3 is 5.97 Å². The highest BCUT2D eigenvalue weighted by Crippen LogP contribution is 2.39. The Kier molecular flexibility index (Phi) is 6.24. The molecule has 0 spiro atoms. The number of benzene rings is 2. The van der Waals surface area contributed by atoms with Crippen molar-refractivity contribution in [3.05, 3.63) is 58.6 Å². The van der Waals surface area contributed by atoms with Gasteiger partial charge in [0.05, 0.1) is 26.2 Å². The van der Waals surface area contributed by atoms with E-state index < -0.39 is 5.97 Å². The molecule has 144 valence electrons. The van der Waals surface area contributed by atoms with Crippen molar-refractivity contribution in [2.45, 2.75) is 18.9 Å². The minimum absolute atomic E-state index is 0.0940. The zero-order valence-corrected chi connectivity index (χ0v) is 16.3. The maximum absolute atomic E-state index is 11.3. The number of ether oxygens (including phenoxy) is 2. The number of hydrogen-bond acceptors (Lipinski definition) is 4. The van der Waals surface area contributed by atoms with Crippen LogP contribution in [0.25, 0.3) is 0 Å². The topological polar surface area (TPSA) is 59.0 Å². The third-order valence-electron chi connectivity index (χ3n) is 5.14. The highest BCUT2D eigenvalue weighted by Gasteiger charge is 2.31. The molecular formula is C21H24ClNO4. The first-order valence-corrected chi connectivity index (χ1v) is 9.35. The monoisotopic (exact) mass is 389 g/mol. The molecule has 1 fully saturated rings. The van der Waals surface area contributed by atoms with Crippen LogP contribution in [0.5, 0.6) is 11.5 Å². The van der Waals surface area contributed by atoms with Gasteiger partial charge in [-0.1, -0.05) is 23.7 Å². The summed E-state index contributed by atoms with van der Waals surface area (Å²) >= 11 is 6.26. The molecule has 1 saturated heterocycles. The van der Waals surface area contributed by atoms with Crippen LogP contribution in [-0.4, -0.2) is 43.3 Å². The number of carboxylic acids is 1. The molecule has 5 nitrogen and oxygen atoms in total. The molecule has 1 atom stereocenters. The molecule has 1 heterocycles. The van der Waals surface area contributed by atoms with E-state index in [4.69, 9.17) is 21.1 Å². The van der Waals surface area contributed by atoms with Gasteiger partial charge in [-0.2, -0.15) is 0 Å². The lowest BCUT2D eigenvalue weighted by Gasteiger charge is -2.37. The van der Waals surface area contributed by atoms with Gasteiger partial charge in [0.15, 0.2) is 0 Å². The fraction of sp³-hybridized carbons (Fsp3) is 0.381. The summed E-state index contributed by atoms with van der Waals surface area (Å²) in [7, 11) is 3.29. The smallest absolute Gasteiger partial charge is 0.306 e. The van der Waals surface area contributed by atoms with Crippen LogP contribution < -0.4 is 9.47 Å². The zero-order valence-electron chi connectivity index (χ0n) is 15.5. The van der Waals surface area contributed by atoms with Crippen molar-refractivity contribution in [1.82, 2.24) is 4.90 Å². The molecule has 0 aliphatic carbocycles. The van der Waals surface area contributed by atoms with E-state index in [1.54, 1.807) is 14.2 Å². The molecule has 27 heavy (non-hydrogen) atoms. The van der Waals surface area contributed by atoms with E-state index in [9.17, 15) is 9.90 Å². The lowest BCUT2D eigenvalue weighted by molar-refractivity contribution is -0.143. The Balaban J connectivity index is 2.03. The van der Waals surface area contributed by atoms with E-state index in [2.05, 4.69) is 4.90 Å². The van der Waals surface area contributed by atoms with E-state index in [0.717, 1.165) is 22.6 Å². The van der Waals surface area contributed by atoms with Gasteiger partial charge in [-0.25, -0.2) is 0 Å². The molecular weight excluding hydrogens is 366 g/mol. The molecule has 2 aromatic carbocycles. The van der Waals surface area contributed by atoms with Gasteiger partial charge in [0.2, 0.25) is 0 Å². The molecule has 1 N–H and O–H groups in total. The number of halogens is 1. The summed E-state index contributed by atoms with van der Waals surface area (Å²) in [4.78, 5) is 13.6. The summed E-state index contributed by atoms with van der Waals surface area (Å²) in [6.45, 7) is 1.38. The van der Waals surface area contributed by atoms with E-state index in [-0.39, 0.29) is 12.0 Å². The Labute approximate surface area is 164 Å². The first-order valence-electron chi connectivity index (χ1n) is 8.97. The van der Waals surface area contributed by atoms with E-state index in [1.165, 1.54) is 0 Å². The predicted octanol–water partition coefficient (Wildman–Crippen LogP) is 4.24. The highest BCUT2D eigenvalue weighted by atomic mass is 35.5. The molecule has 0 amide bonds. The lowest BCUT2D eigenvalue weighted by Crippen LogP contribution is -2.39. The average molecular weight is 390 g/mol. The summed E-state index contributed by atoms with van der Waals surface area (Å²) in [5.74, 6) is 0.515. The molecule has 3 rings (SSSR count). The largest absolute Gasteiger partial charge is 0.497 e. The quantitative estimate of drug-likeness (QED) is 0.800. The predicted molar refractivity (Wildman–Crippen MR) is 105 cm³/mol. The van der Waals surface area contributed by atoms with Crippen LogP contribution in [0.4, 0.5) is 0 Å². The number of piperidine rings is 1. The Hall–Kier alpha value is -2.24. The summed E-state index contributed by atoms with van der Waals surface area (Å²) in [6.07, 6.45) is 1.25. The Morgan fingerprint density at radius 1 is 1.15 bits per heavy atom. The van der Waals surface area contributed by atoms with Crippen molar-refractivity contribution in [1.29, 1.82) is 0 Å². The Morgan fingerprint density at radius 3 is 2.48 bits per heavy atom. The van der Waals surface area contributed by atoms with Gasteiger partial charge in [-0.15, -0.1) is 0 Å². The van der Waals surface area contributed by atoms with Gasteiger partial charge in [0.1, 0.15) is 11.5 Å². The van der Waals surface area contributed by atoms with E-state index in [0.29, 0.717) is 31.0 Å². The van der Waals surface area contributed by atoms with Gasteiger partial charge in [-0.3, -0.25) is 9.69 Å². The summed E-state index contributed by atoms with van der Waals surface area (Å²) in [5.41, 5.74) is 2.02. The zero-order chi connectivity index (χ0) is 19.4. The third kappa shape index (κ3) is 4.37. The molecule has 1 unspecified atom stereocenters. The third-order valence-corrected chi connectivity index (χ3v) is 5.37. The number of aliphatic carboxylic acids is 1. The van der Waals surface area contributed by atoms with Crippen molar-refractivity contribution in [2.75, 3.05) is 27.3 Å². The normalized spacial score (nSPS) is 16.7. The fourth-order valence-corrected chi connectivity index (χ4v) is 3.92. The van der Waals surface area contributed by atoms with Gasteiger partial charge in [0.25, 0.3) is 0 Å². The van der Waals surface area contributed by atoms with Crippen LogP contribution in [0.2, 0.25) is 5.02 Å². The number of nitrogens with zero attached hydrogens (tertiary/aromatic N) is 1. The van der Waals surface area contributed by atoms with Crippen molar-refractivity contribution >= 4 is 17.6 Å². The van der Waals surface area contributed by atoms with Crippen LogP contribution in [-0.2, 0) is 4.79 Å². The van der Waals surface area contributed by atoms with Crippen LogP contribution >= 0.6 is 11.6 Å². The molecule has 0 bridgehead atoms. The lowest BCUT2D eigenvalue weighted by atomic mass is 9.91. The molecule has 1 aliphatic heterocycles. The van der Waals surface area contributed by atoms with E-state index >= 15 is 0 Å². The molecule has 0 aromatic heterocycles. The second-order valence-electron chi connectivity index (χ2n) is 6.71. The van der Waals surface area contributed by atoms with Crippen molar-refractivity contribution < 1.29 is 19.4 Å². The minimum atomic E-state index is -0.715. The van der Waals surface area contributed by atoms with Gasteiger partial charge in [-0.05, 0) is 61.8 Å². The standard InChI is InChI=1S/C21H24ClNO4/c1-26-17-6-7-19(27-2)18(13-17)20(15-4-3-5-16(22)12-15)23-10-8-14(9-11-23)21(24)25/h3-7,12-14,20H,8-11H2,1-2H3,(H,24,25). The number of carbonyl (C=O) groups is 1. The molecule has 1 aliphatic rings. The number of rotatable bonds is 6. The van der Waals surface area contributed by atoms with Crippen LogP contribution in [0.15, 0.2) is 42.5 Å². The van der Waals surface area contributed by atoms with Gasteiger partial charge in [0, 0.05) is 10.6 Å². The summed E-state index contributed by atoms with van der Waals surface area (Å²) in [6, 6.07) is 13.4. The number of hydrogen-bond donors (Lipinski definition) is 1. The average Bonchev–Trinajstić information content (AvgIpc) is 2.68. The maximum Gasteiger partial charge on any atom is 0.306 e. The van der Waals surface area contributed by atoms with Crippen molar-refractivity contribution in [3.8, 4) is 11.5 Å². The maximum atomic E-state index is 11.3. The SMILES string of the molecule is COc1ccc(OC)c(C(c2cccc(Cl)c2)N2CCC(C(=O)O)CC2)c1. The van der Waals surface area contributed by atoms with Crippen LogP contribution in [0.3, 0.4) is 0 Å². The highest BCUT2D eigenvalue weighted by molar-refractivity contribution is 6.30. The number of carboxylic acid groups (broad SMARTS) is 1. The van der Waals surface area contributed by atoms with Crippen molar-refractivity contribution in [2.24, 2.45) is 5.92 Å². The summed E-state index contributed by atoms with van der Waals surface area (Å²) < 4.78 is 11.0. The number of methoxy groups -OCH3 is 2. The Bertz CT molecular complexity index is 803. The first kappa shape index (κ1) is 19.5. The molecule has 0 radical (unpaired) electrons. The van der Waals surface area contributed by atoms with E-state index in [1.807, 2.05) is 42.5 Å². The number of likely N-dealkylation sites (tertiary alicyclic amines) is 1. The van der Waals surface area contributed by atoms with Crippen LogP contribution in [0, 0.1) is 5.92 Å². The summed E-state index contributed by atoms with van der Waals surface area (Å²) in [5, 5.41) is 9.98. The Morgan fingerprint density at radius 2 is 1.89 bits per heavy atom.